The first-order valence-electron chi connectivity index (χ1n) is 5.45. The molecule has 0 atom stereocenters. The van der Waals surface area contributed by atoms with Crippen molar-refractivity contribution in [2.45, 2.75) is 18.9 Å². The van der Waals surface area contributed by atoms with Gasteiger partial charge in [-0.3, -0.25) is 4.79 Å². The van der Waals surface area contributed by atoms with Crippen molar-refractivity contribution in [2.75, 3.05) is 11.9 Å². The van der Waals surface area contributed by atoms with E-state index in [1.807, 2.05) is 0 Å². The molecule has 0 saturated heterocycles. The Labute approximate surface area is 107 Å². The van der Waals surface area contributed by atoms with Gasteiger partial charge < -0.3 is 4.90 Å². The highest BCUT2D eigenvalue weighted by Gasteiger charge is 2.33. The smallest absolute Gasteiger partial charge is 0.257 e. The fourth-order valence-corrected chi connectivity index (χ4v) is 2.13. The normalized spacial score (nSPS) is 14.8. The van der Waals surface area contributed by atoms with Crippen molar-refractivity contribution in [1.29, 1.82) is 0 Å². The van der Waals surface area contributed by atoms with Crippen LogP contribution in [-0.2, 0) is 0 Å². The predicted molar refractivity (Wildman–Crippen MR) is 64.2 cm³/mol. The molecule has 1 fully saturated rings. The third-order valence-electron chi connectivity index (χ3n) is 2.73. The summed E-state index contributed by atoms with van der Waals surface area (Å²) in [6.07, 6.45) is 1.88. The van der Waals surface area contributed by atoms with Gasteiger partial charge in [-0.25, -0.2) is 8.78 Å². The van der Waals surface area contributed by atoms with Crippen LogP contribution in [0.5, 0.6) is 0 Å². The Bertz CT molecular complexity index is 435. The van der Waals surface area contributed by atoms with Crippen LogP contribution in [0.1, 0.15) is 23.2 Å². The van der Waals surface area contributed by atoms with Crippen LogP contribution in [0.4, 0.5) is 8.78 Å². The Hall–Kier alpha value is -0.970. The summed E-state index contributed by atoms with van der Waals surface area (Å²) in [5, 5.41) is 0.631. The van der Waals surface area contributed by atoms with Crippen LogP contribution in [0, 0.1) is 11.6 Å². The summed E-state index contributed by atoms with van der Waals surface area (Å²) in [6, 6.07) is 3.14. The lowest BCUT2D eigenvalue weighted by atomic mass is 10.1. The molecule has 2 rings (SSSR count). The lowest BCUT2D eigenvalue weighted by Crippen LogP contribution is -2.35. The maximum absolute atomic E-state index is 13.5. The predicted octanol–water partition coefficient (Wildman–Crippen LogP) is 2.96. The zero-order valence-corrected chi connectivity index (χ0v) is 10.7. The number of alkyl halides is 1. The van der Waals surface area contributed by atoms with Crippen molar-refractivity contribution in [3.63, 3.8) is 0 Å². The van der Waals surface area contributed by atoms with Crippen molar-refractivity contribution in [3.05, 3.63) is 35.4 Å². The first-order chi connectivity index (χ1) is 8.13. The van der Waals surface area contributed by atoms with Crippen molar-refractivity contribution >= 4 is 21.8 Å². The summed E-state index contributed by atoms with van der Waals surface area (Å²) in [6.45, 7) is 0.513. The highest BCUT2D eigenvalue weighted by molar-refractivity contribution is 9.09. The molecule has 0 radical (unpaired) electrons. The average Bonchev–Trinajstić information content (AvgIpc) is 3.12. The van der Waals surface area contributed by atoms with E-state index >= 15 is 0 Å². The molecule has 0 unspecified atom stereocenters. The molecule has 0 aromatic heterocycles. The fourth-order valence-electron chi connectivity index (χ4n) is 1.74. The summed E-state index contributed by atoms with van der Waals surface area (Å²) >= 11 is 3.26. The second-order valence-corrected chi connectivity index (χ2v) is 4.84. The van der Waals surface area contributed by atoms with E-state index in [9.17, 15) is 13.6 Å². The summed E-state index contributed by atoms with van der Waals surface area (Å²) in [5.41, 5.74) is -0.183. The van der Waals surface area contributed by atoms with E-state index < -0.39 is 17.5 Å². The molecular formula is C12H12BrF2NO. The zero-order chi connectivity index (χ0) is 12.4. The highest BCUT2D eigenvalue weighted by atomic mass is 79.9. The number of rotatable bonds is 4. The third kappa shape index (κ3) is 2.83. The van der Waals surface area contributed by atoms with Gasteiger partial charge in [-0.1, -0.05) is 15.9 Å². The van der Waals surface area contributed by atoms with Crippen LogP contribution in [-0.4, -0.2) is 28.7 Å². The maximum Gasteiger partial charge on any atom is 0.257 e. The topological polar surface area (TPSA) is 20.3 Å². The second kappa shape index (κ2) is 5.12. The van der Waals surface area contributed by atoms with Crippen LogP contribution in [0.2, 0.25) is 0 Å². The van der Waals surface area contributed by atoms with Crippen LogP contribution in [0.15, 0.2) is 18.2 Å². The molecule has 0 N–H and O–H groups in total. The van der Waals surface area contributed by atoms with E-state index in [1.54, 1.807) is 4.90 Å². The van der Waals surface area contributed by atoms with Gasteiger partial charge in [-0.2, -0.15) is 0 Å². The van der Waals surface area contributed by atoms with E-state index in [2.05, 4.69) is 15.9 Å². The lowest BCUT2D eigenvalue weighted by Gasteiger charge is -2.21. The maximum atomic E-state index is 13.5. The molecule has 1 aromatic rings. The van der Waals surface area contributed by atoms with Crippen LogP contribution in [0.3, 0.4) is 0 Å². The molecule has 1 aliphatic rings. The largest absolute Gasteiger partial charge is 0.335 e. The van der Waals surface area contributed by atoms with Gasteiger partial charge in [0.2, 0.25) is 0 Å². The Balaban J connectivity index is 2.24. The zero-order valence-electron chi connectivity index (χ0n) is 9.13. The Kier molecular flexibility index (Phi) is 3.76. The third-order valence-corrected chi connectivity index (χ3v) is 3.09. The molecule has 0 heterocycles. The Morgan fingerprint density at radius 1 is 1.41 bits per heavy atom. The Morgan fingerprint density at radius 3 is 2.71 bits per heavy atom. The standard InChI is InChI=1S/C12H12BrF2NO/c13-5-6-16(9-2-3-9)12(17)10-7-8(14)1-4-11(10)15/h1,4,7,9H,2-3,5-6H2. The number of hydrogen-bond acceptors (Lipinski definition) is 1. The van der Waals surface area contributed by atoms with Gasteiger partial charge >= 0.3 is 0 Å². The molecule has 5 heteroatoms. The molecular weight excluding hydrogens is 292 g/mol. The van der Waals surface area contributed by atoms with E-state index in [1.165, 1.54) is 0 Å². The SMILES string of the molecule is O=C(c1cc(F)ccc1F)N(CCBr)C1CC1. The molecule has 92 valence electrons. The van der Waals surface area contributed by atoms with Crippen LogP contribution < -0.4 is 0 Å². The molecule has 17 heavy (non-hydrogen) atoms. The first kappa shape index (κ1) is 12.5. The minimum atomic E-state index is -0.670. The van der Waals surface area contributed by atoms with Crippen molar-refractivity contribution in [1.82, 2.24) is 4.90 Å². The van der Waals surface area contributed by atoms with E-state index in [0.29, 0.717) is 11.9 Å². The van der Waals surface area contributed by atoms with Gasteiger partial charge in [0.1, 0.15) is 11.6 Å². The summed E-state index contributed by atoms with van der Waals surface area (Å²) in [4.78, 5) is 13.7. The minimum Gasteiger partial charge on any atom is -0.335 e. The number of hydrogen-bond donors (Lipinski definition) is 0. The molecule has 2 nitrogen and oxygen atoms in total. The monoisotopic (exact) mass is 303 g/mol. The van der Waals surface area contributed by atoms with Gasteiger partial charge in [-0.15, -0.1) is 0 Å². The van der Waals surface area contributed by atoms with Crippen LogP contribution >= 0.6 is 15.9 Å². The molecule has 0 bridgehead atoms. The minimum absolute atomic E-state index is 0.183. The van der Waals surface area contributed by atoms with Crippen LogP contribution in [0.25, 0.3) is 0 Å². The number of nitrogens with zero attached hydrogens (tertiary/aromatic N) is 1. The first-order valence-corrected chi connectivity index (χ1v) is 6.57. The number of benzene rings is 1. The summed E-state index contributed by atoms with van der Waals surface area (Å²) < 4.78 is 26.5. The second-order valence-electron chi connectivity index (χ2n) is 4.04. The molecule has 1 saturated carbocycles. The van der Waals surface area contributed by atoms with Gasteiger partial charge in [0.25, 0.3) is 5.91 Å². The lowest BCUT2D eigenvalue weighted by molar-refractivity contribution is 0.0749. The summed E-state index contributed by atoms with van der Waals surface area (Å²) in [5.74, 6) is -1.69. The Morgan fingerprint density at radius 2 is 2.12 bits per heavy atom. The van der Waals surface area contributed by atoms with Crippen molar-refractivity contribution in [2.24, 2.45) is 0 Å². The molecule has 1 amide bonds. The number of amides is 1. The van der Waals surface area contributed by atoms with Gasteiger partial charge in [0, 0.05) is 17.9 Å². The van der Waals surface area contributed by atoms with E-state index in [0.717, 1.165) is 31.0 Å². The van der Waals surface area contributed by atoms with Gasteiger partial charge in [0.15, 0.2) is 0 Å². The van der Waals surface area contributed by atoms with Gasteiger partial charge in [0.05, 0.1) is 5.56 Å². The van der Waals surface area contributed by atoms with Crippen molar-refractivity contribution < 1.29 is 13.6 Å². The average molecular weight is 304 g/mol. The number of carbonyl (C=O) groups is 1. The molecule has 1 aromatic carbocycles. The highest BCUT2D eigenvalue weighted by Crippen LogP contribution is 2.28. The van der Waals surface area contributed by atoms with Gasteiger partial charge in [-0.05, 0) is 31.0 Å². The molecule has 1 aliphatic carbocycles. The number of halogens is 3. The quantitative estimate of drug-likeness (QED) is 0.783. The van der Waals surface area contributed by atoms with Crippen molar-refractivity contribution in [3.8, 4) is 0 Å². The number of carbonyl (C=O) groups excluding carboxylic acids is 1. The van der Waals surface area contributed by atoms with E-state index in [-0.39, 0.29) is 11.6 Å². The molecule has 0 aliphatic heterocycles. The molecule has 0 spiro atoms. The summed E-state index contributed by atoms with van der Waals surface area (Å²) in [7, 11) is 0. The fraction of sp³-hybridized carbons (Fsp3) is 0.417. The van der Waals surface area contributed by atoms with E-state index in [4.69, 9.17) is 0 Å².